The van der Waals surface area contributed by atoms with E-state index in [0.29, 0.717) is 32.4 Å². The summed E-state index contributed by atoms with van der Waals surface area (Å²) in [7, 11) is 0. The predicted octanol–water partition coefficient (Wildman–Crippen LogP) is 1.65. The first-order valence-corrected chi connectivity index (χ1v) is 9.29. The second-order valence-electron chi connectivity index (χ2n) is 7.78. The normalized spacial score (nSPS) is 21.2. The minimum Gasteiger partial charge on any atom is -0.389 e. The van der Waals surface area contributed by atoms with Gasteiger partial charge in [0.15, 0.2) is 0 Å². The number of aliphatic hydroxyl groups is 1. The lowest BCUT2D eigenvalue weighted by molar-refractivity contribution is -0.130. The van der Waals surface area contributed by atoms with Crippen LogP contribution in [-0.2, 0) is 16.0 Å². The van der Waals surface area contributed by atoms with Gasteiger partial charge in [-0.25, -0.2) is 0 Å². The van der Waals surface area contributed by atoms with E-state index >= 15 is 0 Å². The van der Waals surface area contributed by atoms with Crippen molar-refractivity contribution in [1.29, 1.82) is 0 Å². The van der Waals surface area contributed by atoms with E-state index in [-0.39, 0.29) is 24.3 Å². The number of aromatic amines is 1. The van der Waals surface area contributed by atoms with Gasteiger partial charge in [0.2, 0.25) is 11.8 Å². The highest BCUT2D eigenvalue weighted by atomic mass is 16.3. The fourth-order valence-corrected chi connectivity index (χ4v) is 3.79. The van der Waals surface area contributed by atoms with Gasteiger partial charge in [0.1, 0.15) is 0 Å². The minimum atomic E-state index is -0.772. The first kappa shape index (κ1) is 17.1. The lowest BCUT2D eigenvalue weighted by Crippen LogP contribution is -2.40. The highest BCUT2D eigenvalue weighted by molar-refractivity contribution is 5.90. The molecule has 2 aromatic rings. The number of rotatable bonds is 5. The van der Waals surface area contributed by atoms with E-state index in [1.807, 2.05) is 23.2 Å². The van der Waals surface area contributed by atoms with Gasteiger partial charge in [-0.15, -0.1) is 0 Å². The lowest BCUT2D eigenvalue weighted by Gasteiger charge is -2.17. The fourth-order valence-electron chi connectivity index (χ4n) is 3.79. The summed E-state index contributed by atoms with van der Waals surface area (Å²) in [6.45, 7) is 3.26. The second kappa shape index (κ2) is 6.43. The SMILES string of the molecule is Cc1cccc2c(CC(=O)N3CCC(NC(=O)CC4(O)CC4)C3)c[nH]c12. The number of amides is 2. The molecule has 1 aliphatic carbocycles. The van der Waals surface area contributed by atoms with E-state index in [0.717, 1.165) is 22.9 Å². The number of carbonyl (C=O) groups excluding carboxylic acids is 2. The zero-order chi connectivity index (χ0) is 18.3. The number of benzene rings is 1. The van der Waals surface area contributed by atoms with Crippen molar-refractivity contribution in [2.24, 2.45) is 0 Å². The quantitative estimate of drug-likeness (QED) is 0.762. The minimum absolute atomic E-state index is 0.0148. The maximum Gasteiger partial charge on any atom is 0.227 e. The summed E-state index contributed by atoms with van der Waals surface area (Å²) in [5, 5.41) is 13.9. The zero-order valence-electron chi connectivity index (χ0n) is 15.0. The summed E-state index contributed by atoms with van der Waals surface area (Å²) in [6, 6.07) is 6.08. The Hall–Kier alpha value is -2.34. The molecular weight excluding hydrogens is 330 g/mol. The van der Waals surface area contributed by atoms with Gasteiger partial charge in [0.05, 0.1) is 18.4 Å². The molecule has 4 rings (SSSR count). The topological polar surface area (TPSA) is 85.4 Å². The average Bonchev–Trinajstić information content (AvgIpc) is 2.99. The third kappa shape index (κ3) is 3.46. The van der Waals surface area contributed by atoms with Crippen molar-refractivity contribution < 1.29 is 14.7 Å². The Morgan fingerprint density at radius 1 is 1.38 bits per heavy atom. The number of aryl methyl sites for hydroxylation is 1. The summed E-state index contributed by atoms with van der Waals surface area (Å²) < 4.78 is 0. The van der Waals surface area contributed by atoms with Gasteiger partial charge in [-0.05, 0) is 37.3 Å². The molecule has 1 aliphatic heterocycles. The third-order valence-corrected chi connectivity index (χ3v) is 5.57. The molecule has 3 N–H and O–H groups in total. The number of nitrogens with one attached hydrogen (secondary N) is 2. The van der Waals surface area contributed by atoms with Gasteiger partial charge < -0.3 is 20.3 Å². The van der Waals surface area contributed by atoms with Gasteiger partial charge in [-0.3, -0.25) is 9.59 Å². The molecule has 1 saturated heterocycles. The summed E-state index contributed by atoms with van der Waals surface area (Å²) in [6.07, 6.45) is 4.64. The summed E-state index contributed by atoms with van der Waals surface area (Å²) in [5.41, 5.74) is 2.49. The number of hydrogen-bond acceptors (Lipinski definition) is 3. The van der Waals surface area contributed by atoms with Crippen molar-refractivity contribution in [2.45, 2.75) is 50.7 Å². The number of hydrogen-bond donors (Lipinski definition) is 3. The van der Waals surface area contributed by atoms with Crippen LogP contribution in [0.3, 0.4) is 0 Å². The lowest BCUT2D eigenvalue weighted by atomic mass is 10.1. The van der Waals surface area contributed by atoms with Crippen LogP contribution in [0.15, 0.2) is 24.4 Å². The highest BCUT2D eigenvalue weighted by Gasteiger charge is 2.42. The van der Waals surface area contributed by atoms with E-state index in [4.69, 9.17) is 0 Å². The number of nitrogens with zero attached hydrogens (tertiary/aromatic N) is 1. The maximum atomic E-state index is 12.7. The van der Waals surface area contributed by atoms with Crippen LogP contribution in [0.5, 0.6) is 0 Å². The molecule has 0 spiro atoms. The Kier molecular flexibility index (Phi) is 4.23. The third-order valence-electron chi connectivity index (χ3n) is 5.57. The largest absolute Gasteiger partial charge is 0.389 e. The number of carbonyl (C=O) groups is 2. The van der Waals surface area contributed by atoms with E-state index < -0.39 is 5.60 Å². The number of aromatic nitrogens is 1. The molecule has 138 valence electrons. The van der Waals surface area contributed by atoms with Gasteiger partial charge in [-0.2, -0.15) is 0 Å². The molecule has 6 heteroatoms. The Balaban J connectivity index is 1.34. The van der Waals surface area contributed by atoms with E-state index in [1.54, 1.807) is 0 Å². The van der Waals surface area contributed by atoms with Crippen molar-refractivity contribution in [3.8, 4) is 0 Å². The molecule has 2 amide bonds. The van der Waals surface area contributed by atoms with Crippen LogP contribution in [0.2, 0.25) is 0 Å². The van der Waals surface area contributed by atoms with Crippen LogP contribution in [0, 0.1) is 6.92 Å². The molecule has 0 radical (unpaired) electrons. The number of H-pyrrole nitrogens is 1. The molecule has 1 aromatic carbocycles. The Morgan fingerprint density at radius 3 is 2.96 bits per heavy atom. The number of fused-ring (bicyclic) bond motifs is 1. The highest BCUT2D eigenvalue weighted by Crippen LogP contribution is 2.38. The molecule has 6 nitrogen and oxygen atoms in total. The molecule has 0 bridgehead atoms. The van der Waals surface area contributed by atoms with Crippen LogP contribution >= 0.6 is 0 Å². The Labute approximate surface area is 152 Å². The van der Waals surface area contributed by atoms with Gasteiger partial charge in [0, 0.05) is 36.2 Å². The summed E-state index contributed by atoms with van der Waals surface area (Å²) in [4.78, 5) is 29.7. The standard InChI is InChI=1S/C20H25N3O3/c1-13-3-2-4-16-14(11-21-19(13)16)9-18(25)23-8-5-15(12-23)22-17(24)10-20(26)6-7-20/h2-4,11,15,21,26H,5-10,12H2,1H3,(H,22,24). The maximum absolute atomic E-state index is 12.7. The van der Waals surface area contributed by atoms with Gasteiger partial charge in [-0.1, -0.05) is 18.2 Å². The molecule has 26 heavy (non-hydrogen) atoms. The first-order valence-electron chi connectivity index (χ1n) is 9.29. The van der Waals surface area contributed by atoms with Crippen LogP contribution in [0.4, 0.5) is 0 Å². The molecule has 1 atom stereocenters. The van der Waals surface area contributed by atoms with Crippen molar-refractivity contribution in [3.05, 3.63) is 35.5 Å². The molecule has 2 heterocycles. The van der Waals surface area contributed by atoms with Gasteiger partial charge in [0.25, 0.3) is 0 Å². The Morgan fingerprint density at radius 2 is 2.19 bits per heavy atom. The molecule has 2 fully saturated rings. The van der Waals surface area contributed by atoms with Crippen LogP contribution in [-0.4, -0.2) is 51.5 Å². The molecule has 1 unspecified atom stereocenters. The predicted molar refractivity (Wildman–Crippen MR) is 98.7 cm³/mol. The first-order chi connectivity index (χ1) is 12.4. The van der Waals surface area contributed by atoms with Crippen molar-refractivity contribution in [3.63, 3.8) is 0 Å². The Bertz CT molecular complexity index is 853. The van der Waals surface area contributed by atoms with Crippen molar-refractivity contribution >= 4 is 22.7 Å². The summed E-state index contributed by atoms with van der Waals surface area (Å²) in [5.74, 6) is -0.0265. The van der Waals surface area contributed by atoms with Crippen molar-refractivity contribution in [1.82, 2.24) is 15.2 Å². The average molecular weight is 355 g/mol. The van der Waals surface area contributed by atoms with Crippen LogP contribution in [0.1, 0.15) is 36.8 Å². The second-order valence-corrected chi connectivity index (χ2v) is 7.78. The van der Waals surface area contributed by atoms with Crippen LogP contribution in [0.25, 0.3) is 10.9 Å². The molecule has 1 aromatic heterocycles. The van der Waals surface area contributed by atoms with E-state index in [9.17, 15) is 14.7 Å². The van der Waals surface area contributed by atoms with Gasteiger partial charge >= 0.3 is 0 Å². The molecule has 1 saturated carbocycles. The van der Waals surface area contributed by atoms with Crippen molar-refractivity contribution in [2.75, 3.05) is 13.1 Å². The molecule has 2 aliphatic rings. The zero-order valence-corrected chi connectivity index (χ0v) is 15.0. The molecular formula is C20H25N3O3. The fraction of sp³-hybridized carbons (Fsp3) is 0.500. The number of likely N-dealkylation sites (tertiary alicyclic amines) is 1. The van der Waals surface area contributed by atoms with E-state index in [1.165, 1.54) is 5.56 Å². The monoisotopic (exact) mass is 355 g/mol. The van der Waals surface area contributed by atoms with E-state index in [2.05, 4.69) is 23.3 Å². The smallest absolute Gasteiger partial charge is 0.227 e. The van der Waals surface area contributed by atoms with Crippen LogP contribution < -0.4 is 5.32 Å². The summed E-state index contributed by atoms with van der Waals surface area (Å²) >= 11 is 0. The number of para-hydroxylation sites is 1.